The molecule has 6 heteroatoms. The second-order valence-corrected chi connectivity index (χ2v) is 9.86. The molecule has 1 N–H and O–H groups in total. The minimum absolute atomic E-state index is 0.0166. The number of benzene rings is 2. The Morgan fingerprint density at radius 2 is 1.75 bits per heavy atom. The van der Waals surface area contributed by atoms with Gasteiger partial charge in [0.15, 0.2) is 6.61 Å². The summed E-state index contributed by atoms with van der Waals surface area (Å²) >= 11 is 3.56. The molecule has 0 aliphatic heterocycles. The fourth-order valence-electron chi connectivity index (χ4n) is 3.41. The maximum absolute atomic E-state index is 13.2. The van der Waals surface area contributed by atoms with Gasteiger partial charge in [-0.1, -0.05) is 63.6 Å². The van der Waals surface area contributed by atoms with Gasteiger partial charge in [0.2, 0.25) is 5.91 Å². The topological polar surface area (TPSA) is 58.6 Å². The van der Waals surface area contributed by atoms with E-state index in [1.54, 1.807) is 4.90 Å². The molecule has 0 saturated heterocycles. The van der Waals surface area contributed by atoms with Crippen LogP contribution in [0.4, 0.5) is 0 Å². The number of rotatable bonds is 9. The zero-order chi connectivity index (χ0) is 23.9. The zero-order valence-corrected chi connectivity index (χ0v) is 21.6. The van der Waals surface area contributed by atoms with Gasteiger partial charge in [-0.2, -0.15) is 0 Å². The Morgan fingerprint density at radius 1 is 1.09 bits per heavy atom. The molecule has 0 radical (unpaired) electrons. The first-order valence-electron chi connectivity index (χ1n) is 11.1. The van der Waals surface area contributed by atoms with Gasteiger partial charge in [0.05, 0.1) is 4.47 Å². The quantitative estimate of drug-likeness (QED) is 0.500. The number of amides is 2. The summed E-state index contributed by atoms with van der Waals surface area (Å²) in [4.78, 5) is 27.5. The van der Waals surface area contributed by atoms with Crippen molar-refractivity contribution in [2.45, 2.75) is 66.0 Å². The molecule has 0 spiro atoms. The number of ether oxygens (including phenoxy) is 1. The van der Waals surface area contributed by atoms with Crippen LogP contribution in [0, 0.1) is 6.92 Å². The smallest absolute Gasteiger partial charge is 0.261 e. The average Bonchev–Trinajstić information content (AvgIpc) is 2.73. The first-order chi connectivity index (χ1) is 15.1. The molecule has 2 aromatic carbocycles. The number of hydrogen-bond acceptors (Lipinski definition) is 3. The summed E-state index contributed by atoms with van der Waals surface area (Å²) in [6.45, 7) is 13.0. The molecular weight excluding hydrogens is 468 g/mol. The number of aryl methyl sites for hydroxylation is 1. The van der Waals surface area contributed by atoms with Crippen LogP contribution in [0.15, 0.2) is 46.9 Å². The van der Waals surface area contributed by atoms with E-state index < -0.39 is 6.04 Å². The van der Waals surface area contributed by atoms with Gasteiger partial charge in [-0.05, 0) is 64.9 Å². The van der Waals surface area contributed by atoms with Crippen LogP contribution in [0.1, 0.15) is 57.7 Å². The van der Waals surface area contributed by atoms with E-state index in [0.717, 1.165) is 15.6 Å². The SMILES string of the molecule is CCNC(=O)C(CC)N(Cc1ccc(C)cc1)C(=O)COc1ccc(C(C)(C)C)cc1Br. The molecule has 0 saturated carbocycles. The van der Waals surface area contributed by atoms with Gasteiger partial charge in [-0.15, -0.1) is 0 Å². The van der Waals surface area contributed by atoms with Crippen molar-refractivity contribution >= 4 is 27.7 Å². The third kappa shape index (κ3) is 7.09. The Labute approximate surface area is 200 Å². The first kappa shape index (κ1) is 25.9. The Balaban J connectivity index is 2.21. The Morgan fingerprint density at radius 3 is 2.28 bits per heavy atom. The van der Waals surface area contributed by atoms with E-state index in [-0.39, 0.29) is 23.8 Å². The summed E-state index contributed by atoms with van der Waals surface area (Å²) in [6.07, 6.45) is 0.521. The normalized spacial score (nSPS) is 12.2. The van der Waals surface area contributed by atoms with Crippen molar-refractivity contribution in [1.29, 1.82) is 0 Å². The summed E-state index contributed by atoms with van der Waals surface area (Å²) < 4.78 is 6.67. The van der Waals surface area contributed by atoms with Crippen LogP contribution < -0.4 is 10.1 Å². The molecule has 2 rings (SSSR count). The Kier molecular flexibility index (Phi) is 9.32. The van der Waals surface area contributed by atoms with Crippen LogP contribution in [0.2, 0.25) is 0 Å². The standard InChI is InChI=1S/C26H35BrN2O3/c1-7-22(25(31)28-8-2)29(16-19-11-9-18(3)10-12-19)24(30)17-32-23-14-13-20(15-21(23)27)26(4,5)6/h9-15,22H,7-8,16-17H2,1-6H3,(H,28,31). The van der Waals surface area contributed by atoms with Gasteiger partial charge in [-0.3, -0.25) is 9.59 Å². The van der Waals surface area contributed by atoms with Crippen LogP contribution in [-0.2, 0) is 21.5 Å². The van der Waals surface area contributed by atoms with Crippen molar-refractivity contribution in [2.75, 3.05) is 13.2 Å². The van der Waals surface area contributed by atoms with E-state index in [2.05, 4.69) is 42.0 Å². The van der Waals surface area contributed by atoms with Crippen molar-refractivity contribution in [3.63, 3.8) is 0 Å². The molecule has 0 fully saturated rings. The monoisotopic (exact) mass is 502 g/mol. The highest BCUT2D eigenvalue weighted by molar-refractivity contribution is 9.10. The van der Waals surface area contributed by atoms with E-state index in [1.165, 1.54) is 5.56 Å². The van der Waals surface area contributed by atoms with Crippen LogP contribution in [0.25, 0.3) is 0 Å². The highest BCUT2D eigenvalue weighted by Gasteiger charge is 2.28. The molecular formula is C26H35BrN2O3. The summed E-state index contributed by atoms with van der Waals surface area (Å²) in [5.74, 6) is 0.231. The van der Waals surface area contributed by atoms with Crippen molar-refractivity contribution < 1.29 is 14.3 Å². The fraction of sp³-hybridized carbons (Fsp3) is 0.462. The number of nitrogens with one attached hydrogen (secondary N) is 1. The number of nitrogens with zero attached hydrogens (tertiary/aromatic N) is 1. The molecule has 0 heterocycles. The second kappa shape index (κ2) is 11.5. The van der Waals surface area contributed by atoms with Gasteiger partial charge < -0.3 is 15.0 Å². The number of carbonyl (C=O) groups is 2. The van der Waals surface area contributed by atoms with Crippen molar-refractivity contribution in [3.8, 4) is 5.75 Å². The maximum Gasteiger partial charge on any atom is 0.261 e. The lowest BCUT2D eigenvalue weighted by Crippen LogP contribution is -2.50. The van der Waals surface area contributed by atoms with Gasteiger partial charge in [0.25, 0.3) is 5.91 Å². The number of likely N-dealkylation sites (N-methyl/N-ethyl adjacent to an activating group) is 1. The minimum Gasteiger partial charge on any atom is -0.483 e. The molecule has 1 atom stereocenters. The maximum atomic E-state index is 13.2. The Hall–Kier alpha value is -2.34. The van der Waals surface area contributed by atoms with E-state index in [0.29, 0.717) is 25.3 Å². The zero-order valence-electron chi connectivity index (χ0n) is 20.0. The van der Waals surface area contributed by atoms with Crippen molar-refractivity contribution in [1.82, 2.24) is 10.2 Å². The van der Waals surface area contributed by atoms with E-state index in [9.17, 15) is 9.59 Å². The van der Waals surface area contributed by atoms with E-state index >= 15 is 0 Å². The van der Waals surface area contributed by atoms with Crippen LogP contribution in [0.3, 0.4) is 0 Å². The summed E-state index contributed by atoms with van der Waals surface area (Å²) in [6, 6.07) is 13.4. The third-order valence-electron chi connectivity index (χ3n) is 5.36. The van der Waals surface area contributed by atoms with Gasteiger partial charge in [0.1, 0.15) is 11.8 Å². The van der Waals surface area contributed by atoms with Gasteiger partial charge >= 0.3 is 0 Å². The third-order valence-corrected chi connectivity index (χ3v) is 5.98. The lowest BCUT2D eigenvalue weighted by molar-refractivity contribution is -0.142. The van der Waals surface area contributed by atoms with Crippen molar-refractivity contribution in [3.05, 3.63) is 63.6 Å². The molecule has 5 nitrogen and oxygen atoms in total. The molecule has 0 bridgehead atoms. The number of hydrogen-bond donors (Lipinski definition) is 1. The molecule has 0 aromatic heterocycles. The van der Waals surface area contributed by atoms with Gasteiger partial charge in [0, 0.05) is 13.1 Å². The predicted octanol–water partition coefficient (Wildman–Crippen LogP) is 5.38. The largest absolute Gasteiger partial charge is 0.483 e. The van der Waals surface area contributed by atoms with Crippen LogP contribution in [0.5, 0.6) is 5.75 Å². The van der Waals surface area contributed by atoms with Crippen LogP contribution >= 0.6 is 15.9 Å². The summed E-state index contributed by atoms with van der Waals surface area (Å²) in [7, 11) is 0. The Bertz CT molecular complexity index is 920. The highest BCUT2D eigenvalue weighted by atomic mass is 79.9. The fourth-order valence-corrected chi connectivity index (χ4v) is 3.90. The molecule has 1 unspecified atom stereocenters. The summed E-state index contributed by atoms with van der Waals surface area (Å²) in [5, 5.41) is 2.85. The van der Waals surface area contributed by atoms with Crippen LogP contribution in [-0.4, -0.2) is 35.9 Å². The molecule has 174 valence electrons. The molecule has 0 aliphatic rings. The van der Waals surface area contributed by atoms with E-state index in [1.807, 2.05) is 63.2 Å². The molecule has 32 heavy (non-hydrogen) atoms. The second-order valence-electron chi connectivity index (χ2n) is 9.01. The van der Waals surface area contributed by atoms with Gasteiger partial charge in [-0.25, -0.2) is 0 Å². The van der Waals surface area contributed by atoms with Crippen molar-refractivity contribution in [2.24, 2.45) is 0 Å². The number of halogens is 1. The first-order valence-corrected chi connectivity index (χ1v) is 11.9. The lowest BCUT2D eigenvalue weighted by atomic mass is 9.87. The molecule has 2 amide bonds. The molecule has 0 aliphatic carbocycles. The summed E-state index contributed by atoms with van der Waals surface area (Å²) in [5.41, 5.74) is 3.31. The minimum atomic E-state index is -0.556. The molecule has 2 aromatic rings. The lowest BCUT2D eigenvalue weighted by Gasteiger charge is -2.30. The predicted molar refractivity (Wildman–Crippen MR) is 133 cm³/mol. The van der Waals surface area contributed by atoms with E-state index in [4.69, 9.17) is 4.74 Å². The number of carbonyl (C=O) groups excluding carboxylic acids is 2. The average molecular weight is 503 g/mol. The highest BCUT2D eigenvalue weighted by Crippen LogP contribution is 2.31.